The van der Waals surface area contributed by atoms with Gasteiger partial charge in [-0.3, -0.25) is 14.9 Å². The third-order valence-corrected chi connectivity index (χ3v) is 4.16. The molecule has 0 aliphatic rings. The third kappa shape index (κ3) is 3.99. The number of esters is 1. The molecule has 2 rings (SSSR count). The summed E-state index contributed by atoms with van der Waals surface area (Å²) >= 11 is 1.16. The summed E-state index contributed by atoms with van der Waals surface area (Å²) in [5.74, 6) is -1.59. The second-order valence-corrected chi connectivity index (χ2v) is 5.95. The van der Waals surface area contributed by atoms with Crippen LogP contribution in [0.15, 0.2) is 29.6 Å². The lowest BCUT2D eigenvalue weighted by Gasteiger charge is -2.14. The molecule has 0 bridgehead atoms. The minimum Gasteiger partial charge on any atom is -0.449 e. The van der Waals surface area contributed by atoms with Crippen molar-refractivity contribution in [3.8, 4) is 6.07 Å². The quantitative estimate of drug-likeness (QED) is 0.497. The fourth-order valence-corrected chi connectivity index (χ4v) is 2.79. The van der Waals surface area contributed by atoms with Gasteiger partial charge in [-0.15, -0.1) is 11.3 Å². The smallest absolute Gasteiger partial charge is 0.346 e. The highest BCUT2D eigenvalue weighted by atomic mass is 32.1. The molecule has 0 fully saturated rings. The number of nitrogens with one attached hydrogen (secondary N) is 1. The van der Waals surface area contributed by atoms with Crippen LogP contribution in [0.2, 0.25) is 0 Å². The number of hydrogen-bond donors (Lipinski definition) is 1. The standard InChI is InChI=1S/C16H13N3O5S/c1-9-4-3-5-12(19(22)23)13(9)16(21)24-10(2)14(20)18-15-11(8-17)6-7-25-15/h3-7,10H,1-2H3,(H,18,20). The van der Waals surface area contributed by atoms with Crippen LogP contribution in [0.25, 0.3) is 0 Å². The zero-order chi connectivity index (χ0) is 18.6. The molecule has 2 aromatic rings. The summed E-state index contributed by atoms with van der Waals surface area (Å²) in [5, 5.41) is 24.5. The van der Waals surface area contributed by atoms with Gasteiger partial charge in [0.25, 0.3) is 11.6 Å². The van der Waals surface area contributed by atoms with Crippen LogP contribution in [-0.2, 0) is 9.53 Å². The molecule has 1 amide bonds. The lowest BCUT2D eigenvalue weighted by atomic mass is 10.1. The molecule has 9 heteroatoms. The average molecular weight is 359 g/mol. The summed E-state index contributed by atoms with van der Waals surface area (Å²) in [7, 11) is 0. The van der Waals surface area contributed by atoms with Crippen LogP contribution in [0.4, 0.5) is 10.7 Å². The predicted molar refractivity (Wildman–Crippen MR) is 90.4 cm³/mol. The van der Waals surface area contributed by atoms with E-state index in [1.54, 1.807) is 24.4 Å². The van der Waals surface area contributed by atoms with Gasteiger partial charge < -0.3 is 10.1 Å². The Kier molecular flexibility index (Phi) is 5.46. The first-order valence-electron chi connectivity index (χ1n) is 7.08. The number of ether oxygens (including phenoxy) is 1. The molecule has 1 N–H and O–H groups in total. The molecule has 128 valence electrons. The van der Waals surface area contributed by atoms with Gasteiger partial charge in [-0.1, -0.05) is 12.1 Å². The Labute approximate surface area is 146 Å². The normalized spacial score (nSPS) is 11.2. The number of nitro benzene ring substituents is 1. The molecule has 0 aliphatic heterocycles. The summed E-state index contributed by atoms with van der Waals surface area (Å²) in [6, 6.07) is 7.67. The van der Waals surface area contributed by atoms with Gasteiger partial charge in [0.1, 0.15) is 16.6 Å². The Morgan fingerprint density at radius 1 is 1.40 bits per heavy atom. The van der Waals surface area contributed by atoms with Crippen molar-refractivity contribution in [1.29, 1.82) is 5.26 Å². The molecular formula is C16H13N3O5S. The number of carbonyl (C=O) groups is 2. The molecule has 1 aromatic carbocycles. The zero-order valence-corrected chi connectivity index (χ0v) is 14.1. The van der Waals surface area contributed by atoms with Crippen molar-refractivity contribution < 1.29 is 19.2 Å². The maximum atomic E-state index is 12.3. The van der Waals surface area contributed by atoms with Crippen LogP contribution >= 0.6 is 11.3 Å². The van der Waals surface area contributed by atoms with E-state index in [1.165, 1.54) is 19.1 Å². The van der Waals surface area contributed by atoms with Gasteiger partial charge in [-0.2, -0.15) is 5.26 Å². The van der Waals surface area contributed by atoms with E-state index >= 15 is 0 Å². The fourth-order valence-electron chi connectivity index (χ4n) is 2.05. The molecule has 0 saturated carbocycles. The Balaban J connectivity index is 2.14. The SMILES string of the molecule is Cc1cccc([N+](=O)[O-])c1C(=O)OC(C)C(=O)Nc1sccc1C#N. The third-order valence-electron chi connectivity index (χ3n) is 3.33. The topological polar surface area (TPSA) is 122 Å². The van der Waals surface area contributed by atoms with Crippen molar-refractivity contribution in [3.63, 3.8) is 0 Å². The summed E-state index contributed by atoms with van der Waals surface area (Å²) in [6.45, 7) is 2.89. The van der Waals surface area contributed by atoms with Crippen molar-refractivity contribution in [1.82, 2.24) is 0 Å². The van der Waals surface area contributed by atoms with Crippen LogP contribution in [0.3, 0.4) is 0 Å². The van der Waals surface area contributed by atoms with Crippen molar-refractivity contribution in [2.45, 2.75) is 20.0 Å². The van der Waals surface area contributed by atoms with Gasteiger partial charge >= 0.3 is 5.97 Å². The molecule has 0 aliphatic carbocycles. The number of nitro groups is 1. The first-order valence-corrected chi connectivity index (χ1v) is 7.96. The van der Waals surface area contributed by atoms with E-state index in [0.29, 0.717) is 16.1 Å². The van der Waals surface area contributed by atoms with Crippen LogP contribution < -0.4 is 5.32 Å². The zero-order valence-electron chi connectivity index (χ0n) is 13.3. The number of thiophene rings is 1. The number of benzene rings is 1. The number of rotatable bonds is 5. The Bertz CT molecular complexity index is 884. The van der Waals surface area contributed by atoms with E-state index < -0.39 is 22.9 Å². The molecule has 1 unspecified atom stereocenters. The van der Waals surface area contributed by atoms with Crippen LogP contribution in [0, 0.1) is 28.4 Å². The highest BCUT2D eigenvalue weighted by molar-refractivity contribution is 7.14. The maximum absolute atomic E-state index is 12.3. The Hall–Kier alpha value is -3.25. The molecule has 0 spiro atoms. The van der Waals surface area contributed by atoms with Crippen LogP contribution in [0.1, 0.15) is 28.4 Å². The van der Waals surface area contributed by atoms with Gasteiger partial charge in [0, 0.05) is 6.07 Å². The van der Waals surface area contributed by atoms with E-state index in [2.05, 4.69) is 5.32 Å². The lowest BCUT2D eigenvalue weighted by molar-refractivity contribution is -0.385. The number of hydrogen-bond acceptors (Lipinski definition) is 7. The van der Waals surface area contributed by atoms with Gasteiger partial charge in [-0.05, 0) is 30.9 Å². The summed E-state index contributed by atoms with van der Waals surface area (Å²) in [4.78, 5) is 34.8. The molecule has 1 aromatic heterocycles. The number of carbonyl (C=O) groups excluding carboxylic acids is 2. The first kappa shape index (κ1) is 18.1. The molecular weight excluding hydrogens is 346 g/mol. The van der Waals surface area contributed by atoms with E-state index in [0.717, 1.165) is 11.3 Å². The van der Waals surface area contributed by atoms with E-state index in [1.807, 2.05) is 6.07 Å². The maximum Gasteiger partial charge on any atom is 0.346 e. The summed E-state index contributed by atoms with van der Waals surface area (Å²) in [6.07, 6.45) is -1.19. The van der Waals surface area contributed by atoms with Gasteiger partial charge in [0.2, 0.25) is 0 Å². The van der Waals surface area contributed by atoms with Crippen LogP contribution in [-0.4, -0.2) is 22.9 Å². The van der Waals surface area contributed by atoms with E-state index in [-0.39, 0.29) is 11.3 Å². The minimum absolute atomic E-state index is 0.194. The largest absolute Gasteiger partial charge is 0.449 e. The highest BCUT2D eigenvalue weighted by Crippen LogP contribution is 2.24. The molecule has 25 heavy (non-hydrogen) atoms. The van der Waals surface area contributed by atoms with Gasteiger partial charge in [0.15, 0.2) is 6.10 Å². The Morgan fingerprint density at radius 3 is 2.76 bits per heavy atom. The first-order chi connectivity index (χ1) is 11.8. The monoisotopic (exact) mass is 359 g/mol. The molecule has 1 heterocycles. The van der Waals surface area contributed by atoms with Crippen LogP contribution in [0.5, 0.6) is 0 Å². The average Bonchev–Trinajstić information content (AvgIpc) is 3.01. The number of anilines is 1. The molecule has 1 atom stereocenters. The van der Waals surface area contributed by atoms with E-state index in [9.17, 15) is 19.7 Å². The molecule has 0 saturated heterocycles. The van der Waals surface area contributed by atoms with Crippen molar-refractivity contribution in [2.24, 2.45) is 0 Å². The van der Waals surface area contributed by atoms with Crippen molar-refractivity contribution >= 4 is 33.9 Å². The molecule has 8 nitrogen and oxygen atoms in total. The van der Waals surface area contributed by atoms with Crippen molar-refractivity contribution in [3.05, 3.63) is 56.5 Å². The second-order valence-electron chi connectivity index (χ2n) is 5.04. The highest BCUT2D eigenvalue weighted by Gasteiger charge is 2.27. The van der Waals surface area contributed by atoms with Gasteiger partial charge in [0.05, 0.1) is 10.5 Å². The number of aryl methyl sites for hydroxylation is 1. The van der Waals surface area contributed by atoms with E-state index in [4.69, 9.17) is 10.00 Å². The minimum atomic E-state index is -1.19. The molecule has 0 radical (unpaired) electrons. The summed E-state index contributed by atoms with van der Waals surface area (Å²) in [5.41, 5.74) is 0.0897. The van der Waals surface area contributed by atoms with Gasteiger partial charge in [-0.25, -0.2) is 4.79 Å². The number of nitrogens with zero attached hydrogens (tertiary/aromatic N) is 2. The number of amides is 1. The lowest BCUT2D eigenvalue weighted by Crippen LogP contribution is -2.30. The fraction of sp³-hybridized carbons (Fsp3) is 0.188. The Morgan fingerprint density at radius 2 is 2.12 bits per heavy atom. The predicted octanol–water partition coefficient (Wildman–Crippen LogP) is 3.02. The number of nitriles is 1. The van der Waals surface area contributed by atoms with Crippen molar-refractivity contribution in [2.75, 3.05) is 5.32 Å². The summed E-state index contributed by atoms with van der Waals surface area (Å²) < 4.78 is 5.06. The second kappa shape index (κ2) is 7.55.